The molecular formula is C14H13F3N2O2. The minimum absolute atomic E-state index is 0.154. The number of carbonyl (C=O) groups excluding carboxylic acids is 2. The van der Waals surface area contributed by atoms with Crippen molar-refractivity contribution in [2.45, 2.75) is 30.6 Å². The second-order valence-electron chi connectivity index (χ2n) is 5.32. The van der Waals surface area contributed by atoms with E-state index >= 15 is 0 Å². The summed E-state index contributed by atoms with van der Waals surface area (Å²) in [5.41, 5.74) is -1.80. The lowest BCUT2D eigenvalue weighted by Crippen LogP contribution is -2.61. The summed E-state index contributed by atoms with van der Waals surface area (Å²) in [7, 11) is 0. The van der Waals surface area contributed by atoms with Crippen molar-refractivity contribution in [2.24, 2.45) is 0 Å². The van der Waals surface area contributed by atoms with Gasteiger partial charge >= 0.3 is 6.18 Å². The van der Waals surface area contributed by atoms with E-state index in [0.29, 0.717) is 5.56 Å². The summed E-state index contributed by atoms with van der Waals surface area (Å²) in [5.74, 6) is -1.27. The predicted octanol–water partition coefficient (Wildman–Crippen LogP) is 1.78. The highest BCUT2D eigenvalue weighted by atomic mass is 19.4. The zero-order chi connectivity index (χ0) is 15.3. The monoisotopic (exact) mass is 298 g/mol. The number of nitrogens with zero attached hydrogens (tertiary/aromatic N) is 1. The number of amides is 2. The molecule has 1 saturated heterocycles. The fourth-order valence-corrected chi connectivity index (χ4v) is 2.81. The van der Waals surface area contributed by atoms with Crippen molar-refractivity contribution in [3.8, 4) is 0 Å². The molecule has 21 heavy (non-hydrogen) atoms. The zero-order valence-electron chi connectivity index (χ0n) is 11.0. The van der Waals surface area contributed by atoms with Crippen LogP contribution in [0.3, 0.4) is 0 Å². The minimum atomic E-state index is -4.53. The first-order valence-electron chi connectivity index (χ1n) is 6.58. The number of halogens is 3. The Morgan fingerprint density at radius 2 is 1.76 bits per heavy atom. The van der Waals surface area contributed by atoms with Crippen molar-refractivity contribution >= 4 is 11.8 Å². The van der Waals surface area contributed by atoms with Gasteiger partial charge in [-0.1, -0.05) is 30.3 Å². The van der Waals surface area contributed by atoms with E-state index in [-0.39, 0.29) is 19.4 Å². The van der Waals surface area contributed by atoms with Gasteiger partial charge in [0.05, 0.1) is 6.54 Å². The van der Waals surface area contributed by atoms with Crippen LogP contribution in [0.5, 0.6) is 0 Å². The first-order valence-corrected chi connectivity index (χ1v) is 6.58. The Hall–Kier alpha value is -2.05. The second-order valence-corrected chi connectivity index (χ2v) is 5.32. The molecule has 1 aromatic carbocycles. The molecule has 1 unspecified atom stereocenters. The van der Waals surface area contributed by atoms with Gasteiger partial charge in [-0.15, -0.1) is 0 Å². The van der Waals surface area contributed by atoms with Crippen LogP contribution in [0.1, 0.15) is 24.4 Å². The van der Waals surface area contributed by atoms with Gasteiger partial charge in [0.25, 0.3) is 0 Å². The molecule has 7 heteroatoms. The van der Waals surface area contributed by atoms with Crippen molar-refractivity contribution in [3.63, 3.8) is 0 Å². The minimum Gasteiger partial charge on any atom is -0.345 e. The molecule has 0 bridgehead atoms. The van der Waals surface area contributed by atoms with Gasteiger partial charge in [-0.25, -0.2) is 0 Å². The molecule has 0 aromatic heterocycles. The maximum Gasteiger partial charge on any atom is 0.411 e. The number of hydrogen-bond acceptors (Lipinski definition) is 2. The molecule has 1 heterocycles. The molecule has 1 aliphatic heterocycles. The van der Waals surface area contributed by atoms with E-state index in [0.717, 1.165) is 4.90 Å². The van der Waals surface area contributed by atoms with Crippen LogP contribution in [-0.2, 0) is 9.59 Å². The smallest absolute Gasteiger partial charge is 0.345 e. The number of carbonyl (C=O) groups is 2. The summed E-state index contributed by atoms with van der Waals surface area (Å²) in [6.07, 6.45) is -4.84. The Morgan fingerprint density at radius 1 is 1.14 bits per heavy atom. The molecule has 2 fully saturated rings. The van der Waals surface area contributed by atoms with E-state index in [9.17, 15) is 22.8 Å². The van der Waals surface area contributed by atoms with Gasteiger partial charge in [0.2, 0.25) is 11.8 Å². The topological polar surface area (TPSA) is 49.4 Å². The predicted molar refractivity (Wildman–Crippen MR) is 67.1 cm³/mol. The maximum atomic E-state index is 13.3. The molecule has 4 nitrogen and oxygen atoms in total. The molecule has 0 radical (unpaired) electrons. The van der Waals surface area contributed by atoms with Crippen molar-refractivity contribution in [1.82, 2.24) is 10.2 Å². The number of alkyl halides is 3. The van der Waals surface area contributed by atoms with Gasteiger partial charge < -0.3 is 10.2 Å². The van der Waals surface area contributed by atoms with Gasteiger partial charge in [0.15, 0.2) is 0 Å². The van der Waals surface area contributed by atoms with Crippen LogP contribution in [0.25, 0.3) is 0 Å². The third-order valence-corrected chi connectivity index (χ3v) is 4.02. The zero-order valence-corrected chi connectivity index (χ0v) is 11.0. The van der Waals surface area contributed by atoms with E-state index in [1.54, 1.807) is 30.3 Å². The highest BCUT2D eigenvalue weighted by Gasteiger charge is 2.70. The standard InChI is InChI=1S/C14H13F3N2O2/c15-14(16,17)13(6-7-13)19-10(20)8-18-12(21)11(19)9-4-2-1-3-5-9/h1-5,11H,6-8H2,(H,18,21). The third kappa shape index (κ3) is 2.07. The lowest BCUT2D eigenvalue weighted by Gasteiger charge is -2.41. The normalized spacial score (nSPS) is 24.7. The first kappa shape index (κ1) is 13.9. The number of benzene rings is 1. The second kappa shape index (κ2) is 4.47. The van der Waals surface area contributed by atoms with Crippen molar-refractivity contribution < 1.29 is 22.8 Å². The van der Waals surface area contributed by atoms with Crippen LogP contribution in [0.15, 0.2) is 30.3 Å². The summed E-state index contributed by atoms with van der Waals surface area (Å²) in [4.78, 5) is 24.9. The largest absolute Gasteiger partial charge is 0.411 e. The summed E-state index contributed by atoms with van der Waals surface area (Å²) in [5, 5.41) is 2.36. The van der Waals surface area contributed by atoms with Crippen molar-refractivity contribution in [2.75, 3.05) is 6.54 Å². The van der Waals surface area contributed by atoms with Gasteiger partial charge in [-0.2, -0.15) is 13.2 Å². The average molecular weight is 298 g/mol. The molecule has 0 spiro atoms. The Bertz CT molecular complexity index is 582. The quantitative estimate of drug-likeness (QED) is 0.905. The van der Waals surface area contributed by atoms with Gasteiger partial charge in [0.1, 0.15) is 11.6 Å². The van der Waals surface area contributed by atoms with Gasteiger partial charge in [0, 0.05) is 0 Å². The average Bonchev–Trinajstić information content (AvgIpc) is 3.23. The van der Waals surface area contributed by atoms with E-state index in [2.05, 4.69) is 5.32 Å². The van der Waals surface area contributed by atoms with Crippen LogP contribution in [0, 0.1) is 0 Å². The summed E-state index contributed by atoms with van der Waals surface area (Å²) in [6, 6.07) is 6.86. The van der Waals surface area contributed by atoms with Crippen LogP contribution in [0.2, 0.25) is 0 Å². The fourth-order valence-electron chi connectivity index (χ4n) is 2.81. The molecule has 3 rings (SSSR count). The molecule has 1 saturated carbocycles. The van der Waals surface area contributed by atoms with Crippen LogP contribution >= 0.6 is 0 Å². The fraction of sp³-hybridized carbons (Fsp3) is 0.429. The summed E-state index contributed by atoms with van der Waals surface area (Å²) < 4.78 is 40.0. The number of piperazine rings is 1. The van der Waals surface area contributed by atoms with Crippen LogP contribution in [-0.4, -0.2) is 35.0 Å². The molecule has 1 aliphatic carbocycles. The maximum absolute atomic E-state index is 13.3. The van der Waals surface area contributed by atoms with Crippen molar-refractivity contribution in [3.05, 3.63) is 35.9 Å². The number of hydrogen-bond donors (Lipinski definition) is 1. The summed E-state index contributed by atoms with van der Waals surface area (Å²) in [6.45, 7) is -0.389. The van der Waals surface area contributed by atoms with E-state index in [4.69, 9.17) is 0 Å². The Labute approximate surface area is 118 Å². The van der Waals surface area contributed by atoms with E-state index < -0.39 is 29.6 Å². The highest BCUT2D eigenvalue weighted by Crippen LogP contribution is 2.56. The van der Waals surface area contributed by atoms with E-state index in [1.165, 1.54) is 0 Å². The highest BCUT2D eigenvalue weighted by molar-refractivity contribution is 5.96. The Balaban J connectivity index is 2.06. The lowest BCUT2D eigenvalue weighted by atomic mass is 9.98. The van der Waals surface area contributed by atoms with E-state index in [1.807, 2.05) is 0 Å². The molecule has 2 aliphatic rings. The van der Waals surface area contributed by atoms with Crippen molar-refractivity contribution in [1.29, 1.82) is 0 Å². The Kier molecular flexibility index (Phi) is 2.96. The summed E-state index contributed by atoms with van der Waals surface area (Å²) >= 11 is 0. The lowest BCUT2D eigenvalue weighted by molar-refractivity contribution is -0.208. The molecule has 1 atom stereocenters. The van der Waals surface area contributed by atoms with Crippen LogP contribution in [0.4, 0.5) is 13.2 Å². The molecular weight excluding hydrogens is 285 g/mol. The molecule has 1 N–H and O–H groups in total. The van der Waals surface area contributed by atoms with Gasteiger partial charge in [-0.3, -0.25) is 9.59 Å². The van der Waals surface area contributed by atoms with Crippen LogP contribution < -0.4 is 5.32 Å². The third-order valence-electron chi connectivity index (χ3n) is 4.02. The SMILES string of the molecule is O=C1NCC(=O)N(C2(C(F)(F)F)CC2)C1c1ccccc1. The molecule has 1 aromatic rings. The molecule has 2 amide bonds. The Morgan fingerprint density at radius 3 is 2.29 bits per heavy atom. The van der Waals surface area contributed by atoms with Gasteiger partial charge in [-0.05, 0) is 18.4 Å². The molecule has 112 valence electrons. The number of nitrogens with one attached hydrogen (secondary N) is 1. The first-order chi connectivity index (χ1) is 9.87. The number of rotatable bonds is 2.